The monoisotopic (exact) mass is 363 g/mol. The van der Waals surface area contributed by atoms with Gasteiger partial charge < -0.3 is 5.32 Å². The van der Waals surface area contributed by atoms with Crippen LogP contribution in [0.1, 0.15) is 29.8 Å². The lowest BCUT2D eigenvalue weighted by atomic mass is 10.1. The van der Waals surface area contributed by atoms with E-state index in [9.17, 15) is 9.59 Å². The smallest absolute Gasteiger partial charge is 0.272 e. The maximum absolute atomic E-state index is 12.1. The normalized spacial score (nSPS) is 11.1. The molecule has 0 aliphatic carbocycles. The van der Waals surface area contributed by atoms with Gasteiger partial charge in [0.25, 0.3) is 5.91 Å². The van der Waals surface area contributed by atoms with Crippen LogP contribution >= 0.6 is 23.2 Å². The highest BCUT2D eigenvalue weighted by molar-refractivity contribution is 6.36. The van der Waals surface area contributed by atoms with Crippen LogP contribution in [0.5, 0.6) is 0 Å². The molecule has 0 saturated carbocycles. The van der Waals surface area contributed by atoms with Crippen LogP contribution in [0.25, 0.3) is 0 Å². The van der Waals surface area contributed by atoms with Gasteiger partial charge in [-0.15, -0.1) is 0 Å². The van der Waals surface area contributed by atoms with Crippen molar-refractivity contribution >= 4 is 46.4 Å². The van der Waals surface area contributed by atoms with Gasteiger partial charge in [-0.2, -0.15) is 5.10 Å². The third-order valence-corrected chi connectivity index (χ3v) is 3.67. The van der Waals surface area contributed by atoms with Crippen LogP contribution in [-0.4, -0.2) is 17.5 Å². The topological polar surface area (TPSA) is 70.6 Å². The zero-order valence-corrected chi connectivity index (χ0v) is 14.6. The Hall–Kier alpha value is -2.37. The molecule has 0 spiro atoms. The van der Waals surface area contributed by atoms with Gasteiger partial charge in [0, 0.05) is 17.6 Å². The van der Waals surface area contributed by atoms with Gasteiger partial charge in [0.05, 0.1) is 16.3 Å². The van der Waals surface area contributed by atoms with E-state index in [0.717, 1.165) is 5.56 Å². The van der Waals surface area contributed by atoms with Gasteiger partial charge in [-0.05, 0) is 42.8 Å². The number of rotatable bonds is 4. The molecular formula is C17H15Cl2N3O2. The number of hydrogen-bond donors (Lipinski definition) is 2. The molecule has 0 radical (unpaired) electrons. The van der Waals surface area contributed by atoms with E-state index in [2.05, 4.69) is 15.8 Å². The molecule has 124 valence electrons. The highest BCUT2D eigenvalue weighted by Gasteiger charge is 2.10. The standard InChI is InChI=1S/C17H15Cl2N3O2/c1-10(12-3-6-14(7-4-12)20-11(2)23)21-22-17(24)15-8-5-13(18)9-16(15)19/h3-9H,1-2H3,(H,20,23)(H,22,24)/b21-10-. The van der Waals surface area contributed by atoms with E-state index >= 15 is 0 Å². The van der Waals surface area contributed by atoms with Crippen LogP contribution in [0.3, 0.4) is 0 Å². The quantitative estimate of drug-likeness (QED) is 0.633. The molecule has 2 aromatic rings. The molecule has 0 saturated heterocycles. The van der Waals surface area contributed by atoms with Crippen LogP contribution in [-0.2, 0) is 4.79 Å². The van der Waals surface area contributed by atoms with Crippen LogP contribution in [0.2, 0.25) is 10.0 Å². The number of benzene rings is 2. The van der Waals surface area contributed by atoms with Crippen LogP contribution in [0.15, 0.2) is 47.6 Å². The lowest BCUT2D eigenvalue weighted by Crippen LogP contribution is -2.19. The Morgan fingerprint density at radius 1 is 1.00 bits per heavy atom. The summed E-state index contributed by atoms with van der Waals surface area (Å²) in [6, 6.07) is 11.7. The minimum absolute atomic E-state index is 0.139. The van der Waals surface area contributed by atoms with Gasteiger partial charge in [0.2, 0.25) is 5.91 Å². The molecule has 2 N–H and O–H groups in total. The molecule has 0 aliphatic rings. The van der Waals surface area contributed by atoms with E-state index in [-0.39, 0.29) is 10.9 Å². The fourth-order valence-corrected chi connectivity index (χ4v) is 2.43. The van der Waals surface area contributed by atoms with E-state index in [0.29, 0.717) is 22.0 Å². The van der Waals surface area contributed by atoms with Crippen molar-refractivity contribution in [3.8, 4) is 0 Å². The van der Waals surface area contributed by atoms with E-state index < -0.39 is 5.91 Å². The summed E-state index contributed by atoms with van der Waals surface area (Å²) < 4.78 is 0. The second kappa shape index (κ2) is 7.95. The molecule has 7 heteroatoms. The Morgan fingerprint density at radius 2 is 1.67 bits per heavy atom. The summed E-state index contributed by atoms with van der Waals surface area (Å²) in [5.74, 6) is -0.564. The summed E-state index contributed by atoms with van der Waals surface area (Å²) in [5, 5.41) is 7.45. The zero-order chi connectivity index (χ0) is 17.7. The van der Waals surface area contributed by atoms with Crippen molar-refractivity contribution in [2.24, 2.45) is 5.10 Å². The Labute approximate surface area is 149 Å². The molecule has 0 bridgehead atoms. The van der Waals surface area contributed by atoms with Gasteiger partial charge in [-0.25, -0.2) is 5.43 Å². The second-order valence-electron chi connectivity index (χ2n) is 5.02. The predicted octanol–water partition coefficient (Wildman–Crippen LogP) is 4.11. The number of hydrazone groups is 1. The number of nitrogens with zero attached hydrogens (tertiary/aromatic N) is 1. The third-order valence-electron chi connectivity index (χ3n) is 3.12. The van der Waals surface area contributed by atoms with Crippen molar-refractivity contribution < 1.29 is 9.59 Å². The minimum Gasteiger partial charge on any atom is -0.326 e. The van der Waals surface area contributed by atoms with Crippen molar-refractivity contribution in [3.05, 3.63) is 63.6 Å². The molecule has 2 rings (SSSR count). The first-order chi connectivity index (χ1) is 11.4. The fraction of sp³-hybridized carbons (Fsp3) is 0.118. The summed E-state index contributed by atoms with van der Waals surface area (Å²) in [7, 11) is 0. The average Bonchev–Trinajstić information content (AvgIpc) is 2.52. The molecule has 24 heavy (non-hydrogen) atoms. The minimum atomic E-state index is -0.425. The fourth-order valence-electron chi connectivity index (χ4n) is 1.93. The van der Waals surface area contributed by atoms with E-state index in [1.807, 2.05) is 0 Å². The number of nitrogens with one attached hydrogen (secondary N) is 2. The molecular weight excluding hydrogens is 349 g/mol. The molecule has 0 heterocycles. The van der Waals surface area contributed by atoms with Gasteiger partial charge in [-0.3, -0.25) is 9.59 Å². The van der Waals surface area contributed by atoms with E-state index in [4.69, 9.17) is 23.2 Å². The lowest BCUT2D eigenvalue weighted by molar-refractivity contribution is -0.114. The third kappa shape index (κ3) is 4.81. The van der Waals surface area contributed by atoms with Crippen LogP contribution in [0, 0.1) is 0 Å². The van der Waals surface area contributed by atoms with Gasteiger partial charge >= 0.3 is 0 Å². The molecule has 0 aromatic heterocycles. The van der Waals surface area contributed by atoms with E-state index in [1.54, 1.807) is 37.3 Å². The Kier molecular flexibility index (Phi) is 5.95. The SMILES string of the molecule is CC(=O)Nc1ccc(/C(C)=N\NC(=O)c2ccc(Cl)cc2Cl)cc1. The van der Waals surface area contributed by atoms with Crippen molar-refractivity contribution in [2.75, 3.05) is 5.32 Å². The number of anilines is 1. The van der Waals surface area contributed by atoms with Gasteiger partial charge in [-0.1, -0.05) is 35.3 Å². The summed E-state index contributed by atoms with van der Waals surface area (Å²) in [6.07, 6.45) is 0. The van der Waals surface area contributed by atoms with Crippen molar-refractivity contribution in [1.29, 1.82) is 0 Å². The molecule has 0 unspecified atom stereocenters. The molecule has 5 nitrogen and oxygen atoms in total. The second-order valence-corrected chi connectivity index (χ2v) is 5.86. The van der Waals surface area contributed by atoms with Crippen molar-refractivity contribution in [3.63, 3.8) is 0 Å². The van der Waals surface area contributed by atoms with E-state index in [1.165, 1.54) is 19.1 Å². The van der Waals surface area contributed by atoms with Crippen LogP contribution in [0.4, 0.5) is 5.69 Å². The maximum atomic E-state index is 12.1. The summed E-state index contributed by atoms with van der Waals surface area (Å²) >= 11 is 11.8. The largest absolute Gasteiger partial charge is 0.326 e. The van der Waals surface area contributed by atoms with Gasteiger partial charge in [0.15, 0.2) is 0 Å². The Bertz CT molecular complexity index is 802. The molecule has 0 aliphatic heterocycles. The summed E-state index contributed by atoms with van der Waals surface area (Å²) in [5.41, 5.74) is 4.86. The zero-order valence-electron chi connectivity index (χ0n) is 13.1. The van der Waals surface area contributed by atoms with Gasteiger partial charge in [0.1, 0.15) is 0 Å². The first kappa shape index (κ1) is 18.0. The number of hydrogen-bond acceptors (Lipinski definition) is 3. The molecule has 0 atom stereocenters. The first-order valence-electron chi connectivity index (χ1n) is 7.04. The number of amides is 2. The Morgan fingerprint density at radius 3 is 2.25 bits per heavy atom. The summed E-state index contributed by atoms with van der Waals surface area (Å²) in [6.45, 7) is 3.20. The first-order valence-corrected chi connectivity index (χ1v) is 7.80. The lowest BCUT2D eigenvalue weighted by Gasteiger charge is -2.06. The molecule has 2 amide bonds. The molecule has 0 fully saturated rings. The molecule has 2 aromatic carbocycles. The maximum Gasteiger partial charge on any atom is 0.272 e. The highest BCUT2D eigenvalue weighted by atomic mass is 35.5. The number of carbonyl (C=O) groups excluding carboxylic acids is 2. The van der Waals surface area contributed by atoms with Crippen molar-refractivity contribution in [1.82, 2.24) is 5.43 Å². The predicted molar refractivity (Wildman–Crippen MR) is 96.9 cm³/mol. The summed E-state index contributed by atoms with van der Waals surface area (Å²) in [4.78, 5) is 23.1. The number of halogens is 2. The highest BCUT2D eigenvalue weighted by Crippen LogP contribution is 2.20. The average molecular weight is 364 g/mol. The van der Waals surface area contributed by atoms with Crippen LogP contribution < -0.4 is 10.7 Å². The van der Waals surface area contributed by atoms with Crippen molar-refractivity contribution in [2.45, 2.75) is 13.8 Å². The number of carbonyl (C=O) groups is 2. The Balaban J connectivity index is 2.07.